The van der Waals surface area contributed by atoms with Gasteiger partial charge in [-0.25, -0.2) is 14.8 Å². The largest absolute Gasteiger partial charge is 0.481 e. The molecule has 2 atom stereocenters. The second-order valence-electron chi connectivity index (χ2n) is 11.0. The highest BCUT2D eigenvalue weighted by atomic mass is 35.5. The molecule has 3 N–H and O–H groups in total. The number of aromatic nitrogens is 4. The second-order valence-corrected chi connectivity index (χ2v) is 11.8. The van der Waals surface area contributed by atoms with Crippen LogP contribution in [0.15, 0.2) is 70.4 Å². The van der Waals surface area contributed by atoms with Crippen molar-refractivity contribution in [2.75, 3.05) is 25.6 Å². The number of ether oxygens (including phenoxy) is 2. The fourth-order valence-electron chi connectivity index (χ4n) is 5.65. The highest BCUT2D eigenvalue weighted by Crippen LogP contribution is 2.42. The van der Waals surface area contributed by atoms with E-state index in [1.807, 2.05) is 42.5 Å². The highest BCUT2D eigenvalue weighted by Gasteiger charge is 2.24. The minimum Gasteiger partial charge on any atom is -0.481 e. The van der Waals surface area contributed by atoms with Crippen molar-refractivity contribution in [2.24, 2.45) is 14.1 Å². The minimum atomic E-state index is -0.570. The smallest absolute Gasteiger partial charge is 0.330 e. The number of aliphatic hydroxyl groups excluding tert-OH is 1. The predicted octanol–water partition coefficient (Wildman–Crippen LogP) is 4.66. The Morgan fingerprint density at radius 2 is 1.74 bits per heavy atom. The topological polar surface area (TPSA) is 133 Å². The van der Waals surface area contributed by atoms with Gasteiger partial charge in [0.15, 0.2) is 0 Å². The second kappa shape index (κ2) is 13.2. The Balaban J connectivity index is 1.32. The Morgan fingerprint density at radius 3 is 2.50 bits per heavy atom. The molecular weight excluding hydrogens is 631 g/mol. The highest BCUT2D eigenvalue weighted by molar-refractivity contribution is 6.39. The number of benzene rings is 2. The Labute approximate surface area is 274 Å². The molecule has 5 aromatic rings. The molecule has 2 aromatic carbocycles. The molecule has 0 aliphatic carbocycles. The van der Waals surface area contributed by atoms with Crippen LogP contribution in [0.4, 0.5) is 11.5 Å². The van der Waals surface area contributed by atoms with E-state index in [0.29, 0.717) is 75.7 Å². The first-order valence-corrected chi connectivity index (χ1v) is 15.4. The molecule has 0 spiro atoms. The van der Waals surface area contributed by atoms with E-state index in [1.54, 1.807) is 26.3 Å². The van der Waals surface area contributed by atoms with Gasteiger partial charge in [-0.05, 0) is 24.6 Å². The molecule has 0 bridgehead atoms. The fraction of sp³-hybridized carbons (Fsp3) is 0.273. The molecule has 11 nitrogen and oxygen atoms in total. The average Bonchev–Trinajstić information content (AvgIpc) is 3.07. The van der Waals surface area contributed by atoms with Crippen LogP contribution in [0, 0.1) is 0 Å². The van der Waals surface area contributed by atoms with Crippen LogP contribution in [0.1, 0.15) is 12.0 Å². The lowest BCUT2D eigenvalue weighted by Gasteiger charge is -2.28. The van der Waals surface area contributed by atoms with Gasteiger partial charge in [0, 0.05) is 61.7 Å². The van der Waals surface area contributed by atoms with Crippen molar-refractivity contribution in [3.8, 4) is 28.3 Å². The van der Waals surface area contributed by atoms with Crippen LogP contribution in [-0.2, 0) is 25.4 Å². The maximum Gasteiger partial charge on any atom is 0.330 e. The molecule has 4 heterocycles. The number of pyridine rings is 2. The van der Waals surface area contributed by atoms with Crippen molar-refractivity contribution in [1.82, 2.24) is 24.4 Å². The van der Waals surface area contributed by atoms with E-state index in [0.717, 1.165) is 10.1 Å². The van der Waals surface area contributed by atoms with Crippen LogP contribution in [-0.4, -0.2) is 56.7 Å². The van der Waals surface area contributed by atoms with Crippen molar-refractivity contribution in [3.63, 3.8) is 0 Å². The lowest BCUT2D eigenvalue weighted by atomic mass is 10.00. The summed E-state index contributed by atoms with van der Waals surface area (Å²) in [4.78, 5) is 34.7. The van der Waals surface area contributed by atoms with Crippen LogP contribution in [0.5, 0.6) is 5.88 Å². The Hall–Kier alpha value is -4.26. The number of aryl methyl sites for hydroxylation is 1. The van der Waals surface area contributed by atoms with Gasteiger partial charge in [0.1, 0.15) is 11.2 Å². The summed E-state index contributed by atoms with van der Waals surface area (Å²) < 4.78 is 13.4. The summed E-state index contributed by atoms with van der Waals surface area (Å²) >= 11 is 14.0. The normalized spacial score (nSPS) is 16.5. The van der Waals surface area contributed by atoms with E-state index in [-0.39, 0.29) is 17.2 Å². The van der Waals surface area contributed by atoms with Gasteiger partial charge in [-0.3, -0.25) is 13.9 Å². The van der Waals surface area contributed by atoms with Crippen LogP contribution in [0.3, 0.4) is 0 Å². The number of aliphatic hydroxyl groups is 1. The van der Waals surface area contributed by atoms with Crippen LogP contribution in [0.25, 0.3) is 33.3 Å². The molecule has 1 saturated heterocycles. The molecule has 3 aromatic heterocycles. The molecule has 1 fully saturated rings. The van der Waals surface area contributed by atoms with Crippen molar-refractivity contribution in [1.29, 1.82) is 0 Å². The number of nitrogens with zero attached hydrogens (tertiary/aromatic N) is 4. The fourth-order valence-corrected chi connectivity index (χ4v) is 6.25. The number of rotatable bonds is 8. The van der Waals surface area contributed by atoms with Crippen LogP contribution < -0.4 is 26.6 Å². The summed E-state index contributed by atoms with van der Waals surface area (Å²) in [5.74, 6) is 0.716. The Kier molecular flexibility index (Phi) is 9.12. The number of halogens is 2. The van der Waals surface area contributed by atoms with Crippen molar-refractivity contribution in [3.05, 3.63) is 97.2 Å². The van der Waals surface area contributed by atoms with Gasteiger partial charge >= 0.3 is 5.69 Å². The van der Waals surface area contributed by atoms with Gasteiger partial charge in [0.05, 0.1) is 46.8 Å². The molecule has 6 rings (SSSR count). The monoisotopic (exact) mass is 662 g/mol. The predicted molar refractivity (Wildman–Crippen MR) is 179 cm³/mol. The van der Waals surface area contributed by atoms with E-state index in [2.05, 4.69) is 15.6 Å². The summed E-state index contributed by atoms with van der Waals surface area (Å²) in [6.45, 7) is 1.38. The van der Waals surface area contributed by atoms with Gasteiger partial charge in [-0.2, -0.15) is 0 Å². The van der Waals surface area contributed by atoms with E-state index in [9.17, 15) is 14.7 Å². The minimum absolute atomic E-state index is 0.0743. The number of anilines is 2. The molecule has 13 heteroatoms. The zero-order valence-corrected chi connectivity index (χ0v) is 26.9. The maximum absolute atomic E-state index is 13.1. The Morgan fingerprint density at radius 1 is 1.00 bits per heavy atom. The molecule has 1 aliphatic heterocycles. The lowest BCUT2D eigenvalue weighted by molar-refractivity contribution is -0.0281. The number of methoxy groups -OCH3 is 1. The van der Waals surface area contributed by atoms with Gasteiger partial charge in [0.2, 0.25) is 5.88 Å². The summed E-state index contributed by atoms with van der Waals surface area (Å²) in [5, 5.41) is 17.9. The molecule has 0 saturated carbocycles. The average molecular weight is 664 g/mol. The summed E-state index contributed by atoms with van der Waals surface area (Å²) in [7, 11) is 4.59. The SMILES string of the molecule is COc1nc(-c2cccc(-c3cccc(Nc4nccc5c4c(=O)n(C)c(=O)n5C)c3Cl)c2Cl)ccc1CN[C@H]1CCOC[C@H]1O. The van der Waals surface area contributed by atoms with Crippen LogP contribution in [0.2, 0.25) is 10.0 Å². The lowest BCUT2D eigenvalue weighted by Crippen LogP contribution is -2.46. The third-order valence-corrected chi connectivity index (χ3v) is 9.03. The zero-order chi connectivity index (χ0) is 32.5. The molecule has 238 valence electrons. The van der Waals surface area contributed by atoms with Crippen molar-refractivity contribution >= 4 is 45.6 Å². The number of fused-ring (bicyclic) bond motifs is 1. The van der Waals surface area contributed by atoms with Crippen molar-refractivity contribution < 1.29 is 14.6 Å². The molecule has 0 unspecified atom stereocenters. The number of hydrogen-bond acceptors (Lipinski definition) is 9. The van der Waals surface area contributed by atoms with E-state index in [1.165, 1.54) is 17.8 Å². The summed E-state index contributed by atoms with van der Waals surface area (Å²) in [6, 6.07) is 16.4. The van der Waals surface area contributed by atoms with Gasteiger partial charge in [-0.1, -0.05) is 59.6 Å². The number of nitrogens with one attached hydrogen (secondary N) is 2. The van der Waals surface area contributed by atoms with E-state index < -0.39 is 17.4 Å². The van der Waals surface area contributed by atoms with E-state index in [4.69, 9.17) is 37.7 Å². The first-order valence-electron chi connectivity index (χ1n) is 14.6. The molecule has 0 amide bonds. The van der Waals surface area contributed by atoms with Crippen molar-refractivity contribution in [2.45, 2.75) is 25.1 Å². The Bertz CT molecular complexity index is 2060. The summed E-state index contributed by atoms with van der Waals surface area (Å²) in [5.41, 5.74) is 3.52. The first kappa shape index (κ1) is 31.7. The third kappa shape index (κ3) is 5.88. The zero-order valence-electron chi connectivity index (χ0n) is 25.4. The van der Waals surface area contributed by atoms with Gasteiger partial charge in [0.25, 0.3) is 5.56 Å². The molecule has 0 radical (unpaired) electrons. The van der Waals surface area contributed by atoms with Gasteiger partial charge < -0.3 is 25.2 Å². The first-order chi connectivity index (χ1) is 22.2. The van der Waals surface area contributed by atoms with E-state index >= 15 is 0 Å². The van der Waals surface area contributed by atoms with Crippen LogP contribution >= 0.6 is 23.2 Å². The maximum atomic E-state index is 13.1. The quantitative estimate of drug-likeness (QED) is 0.217. The third-order valence-electron chi connectivity index (χ3n) is 8.21. The summed E-state index contributed by atoms with van der Waals surface area (Å²) in [6.07, 6.45) is 1.67. The molecular formula is C33H32Cl2N6O5. The number of hydrogen-bond donors (Lipinski definition) is 3. The standard InChI is InChI=1S/C33H32Cl2N6O5/c1-40-25-12-14-36-30(27(25)32(43)41(2)33(40)44)38-24-9-5-7-20(29(24)35)19-6-4-8-21(28(19)34)22-11-10-18(31(39-22)45-3)16-37-23-13-15-46-17-26(23)42/h4-12,14,23,26,37,42H,13,15-17H2,1-3H3,(H,36,38)/t23-,26+/m0/s1. The molecule has 46 heavy (non-hydrogen) atoms. The van der Waals surface area contributed by atoms with Gasteiger partial charge in [-0.15, -0.1) is 0 Å². The molecule has 1 aliphatic rings.